The minimum atomic E-state index is -0.639. The Balaban J connectivity index is 2.74. The fraction of sp³-hybridized carbons (Fsp3) is 0.333. The quantitative estimate of drug-likeness (QED) is 0.384. The lowest BCUT2D eigenvalue weighted by atomic mass is 10.2. The highest BCUT2D eigenvalue weighted by Gasteiger charge is 2.18. The van der Waals surface area contributed by atoms with Crippen molar-refractivity contribution < 1.29 is 14.3 Å². The van der Waals surface area contributed by atoms with E-state index in [1.54, 1.807) is 24.3 Å². The number of ether oxygens (including phenoxy) is 1. The molecule has 1 unspecified atom stereocenters. The molecule has 1 aromatic carbocycles. The number of hydrogen-bond acceptors (Lipinski definition) is 4. The van der Waals surface area contributed by atoms with E-state index in [0.29, 0.717) is 17.7 Å². The Morgan fingerprint density at radius 3 is 2.39 bits per heavy atom. The molecule has 6 heteroatoms. The van der Waals surface area contributed by atoms with Crippen LogP contribution in [0.3, 0.4) is 0 Å². The first-order chi connectivity index (χ1) is 8.58. The number of nitrogens with one attached hydrogen (secondary N) is 1. The van der Waals surface area contributed by atoms with E-state index in [1.165, 1.54) is 0 Å². The summed E-state index contributed by atoms with van der Waals surface area (Å²) in [5.41, 5.74) is 7.57. The zero-order valence-corrected chi connectivity index (χ0v) is 10.2. The predicted octanol–water partition coefficient (Wildman–Crippen LogP) is 0.323. The maximum atomic E-state index is 11.4. The van der Waals surface area contributed by atoms with Crippen molar-refractivity contribution in [3.05, 3.63) is 29.8 Å². The molecule has 5 N–H and O–H groups in total. The average Bonchev–Trinajstić information content (AvgIpc) is 2.38. The number of carbonyl (C=O) groups excluding carboxylic acids is 2. The second-order valence-electron chi connectivity index (χ2n) is 3.79. The summed E-state index contributed by atoms with van der Waals surface area (Å²) < 4.78 is 5.50. The molecule has 0 heterocycles. The van der Waals surface area contributed by atoms with Crippen LogP contribution in [0.25, 0.3) is 0 Å². The first kappa shape index (κ1) is 14.0. The number of hydrogen-bond donors (Lipinski definition) is 3. The lowest BCUT2D eigenvalue weighted by molar-refractivity contribution is -0.128. The van der Waals surface area contributed by atoms with Gasteiger partial charge in [-0.1, -0.05) is 13.3 Å². The summed E-state index contributed by atoms with van der Waals surface area (Å²) in [4.78, 5) is 22.3. The maximum Gasteiger partial charge on any atom is 0.274 e. The van der Waals surface area contributed by atoms with E-state index in [9.17, 15) is 9.59 Å². The van der Waals surface area contributed by atoms with Crippen molar-refractivity contribution in [3.8, 4) is 5.75 Å². The van der Waals surface area contributed by atoms with Crippen LogP contribution in [0.5, 0.6) is 5.75 Å². The lowest BCUT2D eigenvalue weighted by Crippen LogP contribution is -2.42. The summed E-state index contributed by atoms with van der Waals surface area (Å²) in [6.07, 6.45) is 0.706. The number of benzene rings is 1. The molecule has 2 amide bonds. The summed E-state index contributed by atoms with van der Waals surface area (Å²) in [5.74, 6) is 4.68. The van der Waals surface area contributed by atoms with Gasteiger partial charge in [0.05, 0.1) is 0 Å². The molecule has 0 aliphatic carbocycles. The molecule has 0 fully saturated rings. The Bertz CT molecular complexity index is 417. The number of hydrazine groups is 1. The lowest BCUT2D eigenvalue weighted by Gasteiger charge is -2.16. The molecule has 0 spiro atoms. The molecule has 0 bridgehead atoms. The van der Waals surface area contributed by atoms with Crippen molar-refractivity contribution in [1.82, 2.24) is 5.43 Å². The van der Waals surface area contributed by atoms with E-state index in [1.807, 2.05) is 6.92 Å². The Kier molecular flexibility index (Phi) is 5.13. The number of nitrogens with two attached hydrogens (primary N) is 2. The van der Waals surface area contributed by atoms with Crippen molar-refractivity contribution in [1.29, 1.82) is 0 Å². The standard InChI is InChI=1S/C12H17N3O3/c1-2-3-10(12(17)15-14)18-9-6-4-8(5-7-9)11(13)16/h4-7,10H,2-3,14H2,1H3,(H2,13,16)(H,15,17). The maximum absolute atomic E-state index is 11.4. The van der Waals surface area contributed by atoms with Crippen molar-refractivity contribution in [2.24, 2.45) is 11.6 Å². The summed E-state index contributed by atoms with van der Waals surface area (Å²) >= 11 is 0. The molecule has 0 saturated carbocycles. The zero-order chi connectivity index (χ0) is 13.5. The molecule has 0 aromatic heterocycles. The van der Waals surface area contributed by atoms with Crippen LogP contribution in [0, 0.1) is 0 Å². The van der Waals surface area contributed by atoms with Gasteiger partial charge in [-0.05, 0) is 30.7 Å². The van der Waals surface area contributed by atoms with Gasteiger partial charge in [0.15, 0.2) is 6.10 Å². The molecule has 0 saturated heterocycles. The topological polar surface area (TPSA) is 107 Å². The fourth-order valence-corrected chi connectivity index (χ4v) is 1.46. The van der Waals surface area contributed by atoms with Gasteiger partial charge in [-0.15, -0.1) is 0 Å². The predicted molar refractivity (Wildman–Crippen MR) is 66.6 cm³/mol. The van der Waals surface area contributed by atoms with E-state index < -0.39 is 12.0 Å². The second-order valence-corrected chi connectivity index (χ2v) is 3.79. The van der Waals surface area contributed by atoms with Crippen LogP contribution < -0.4 is 21.7 Å². The monoisotopic (exact) mass is 251 g/mol. The molecule has 18 heavy (non-hydrogen) atoms. The smallest absolute Gasteiger partial charge is 0.274 e. The van der Waals surface area contributed by atoms with Crippen LogP contribution in [0.2, 0.25) is 0 Å². The van der Waals surface area contributed by atoms with E-state index in [0.717, 1.165) is 6.42 Å². The largest absolute Gasteiger partial charge is 0.481 e. The molecule has 0 aliphatic heterocycles. The molecular weight excluding hydrogens is 234 g/mol. The highest BCUT2D eigenvalue weighted by Crippen LogP contribution is 2.15. The molecule has 1 atom stereocenters. The first-order valence-electron chi connectivity index (χ1n) is 5.65. The number of carbonyl (C=O) groups is 2. The van der Waals surface area contributed by atoms with Crippen LogP contribution in [0.1, 0.15) is 30.1 Å². The fourth-order valence-electron chi connectivity index (χ4n) is 1.46. The minimum Gasteiger partial charge on any atom is -0.481 e. The highest BCUT2D eigenvalue weighted by molar-refractivity contribution is 5.92. The number of primary amides is 1. The van der Waals surface area contributed by atoms with Crippen LogP contribution in [0.4, 0.5) is 0 Å². The number of amides is 2. The van der Waals surface area contributed by atoms with E-state index in [2.05, 4.69) is 5.43 Å². The third-order valence-electron chi connectivity index (χ3n) is 2.40. The van der Waals surface area contributed by atoms with Crippen molar-refractivity contribution in [3.63, 3.8) is 0 Å². The molecule has 1 rings (SSSR count). The van der Waals surface area contributed by atoms with Crippen molar-refractivity contribution >= 4 is 11.8 Å². The van der Waals surface area contributed by atoms with Gasteiger partial charge in [0.2, 0.25) is 5.91 Å². The van der Waals surface area contributed by atoms with Gasteiger partial charge in [-0.25, -0.2) is 5.84 Å². The number of rotatable bonds is 6. The van der Waals surface area contributed by atoms with Gasteiger partial charge in [-0.3, -0.25) is 15.0 Å². The van der Waals surface area contributed by atoms with Gasteiger partial charge < -0.3 is 10.5 Å². The average molecular weight is 251 g/mol. The van der Waals surface area contributed by atoms with Gasteiger partial charge in [-0.2, -0.15) is 0 Å². The SMILES string of the molecule is CCCC(Oc1ccc(C(N)=O)cc1)C(=O)NN. The van der Waals surface area contributed by atoms with Crippen LogP contribution in [-0.4, -0.2) is 17.9 Å². The van der Waals surface area contributed by atoms with Gasteiger partial charge >= 0.3 is 0 Å². The molecule has 98 valence electrons. The normalized spacial score (nSPS) is 11.7. The Morgan fingerprint density at radius 2 is 1.94 bits per heavy atom. The van der Waals surface area contributed by atoms with Crippen LogP contribution >= 0.6 is 0 Å². The first-order valence-corrected chi connectivity index (χ1v) is 5.65. The molecular formula is C12H17N3O3. The molecule has 6 nitrogen and oxygen atoms in total. The summed E-state index contributed by atoms with van der Waals surface area (Å²) in [6.45, 7) is 1.94. The minimum absolute atomic E-state index is 0.379. The van der Waals surface area contributed by atoms with E-state index in [4.69, 9.17) is 16.3 Å². The zero-order valence-electron chi connectivity index (χ0n) is 10.2. The second kappa shape index (κ2) is 6.61. The Morgan fingerprint density at radius 1 is 1.33 bits per heavy atom. The molecule has 0 aliphatic rings. The van der Waals surface area contributed by atoms with Gasteiger partial charge in [0.25, 0.3) is 5.91 Å². The van der Waals surface area contributed by atoms with Gasteiger partial charge in [0.1, 0.15) is 5.75 Å². The summed E-state index contributed by atoms with van der Waals surface area (Å²) in [6, 6.07) is 6.27. The highest BCUT2D eigenvalue weighted by atomic mass is 16.5. The molecule has 1 aromatic rings. The Labute approximate surface area is 105 Å². The van der Waals surface area contributed by atoms with Crippen LogP contribution in [0.15, 0.2) is 24.3 Å². The van der Waals surface area contributed by atoms with Gasteiger partial charge in [0, 0.05) is 5.56 Å². The van der Waals surface area contributed by atoms with E-state index >= 15 is 0 Å². The summed E-state index contributed by atoms with van der Waals surface area (Å²) in [7, 11) is 0. The Hall–Kier alpha value is -2.08. The third-order valence-corrected chi connectivity index (χ3v) is 2.40. The summed E-state index contributed by atoms with van der Waals surface area (Å²) in [5, 5.41) is 0. The molecule has 0 radical (unpaired) electrons. The third kappa shape index (κ3) is 3.74. The van der Waals surface area contributed by atoms with E-state index in [-0.39, 0.29) is 5.91 Å². The van der Waals surface area contributed by atoms with Crippen molar-refractivity contribution in [2.45, 2.75) is 25.9 Å². The van der Waals surface area contributed by atoms with Crippen LogP contribution in [-0.2, 0) is 4.79 Å². The van der Waals surface area contributed by atoms with Crippen molar-refractivity contribution in [2.75, 3.05) is 0 Å².